The first-order chi connectivity index (χ1) is 13.1. The first-order valence-corrected chi connectivity index (χ1v) is 10.1. The molecule has 0 radical (unpaired) electrons. The summed E-state index contributed by atoms with van der Waals surface area (Å²) in [7, 11) is 1.70. The van der Waals surface area contributed by atoms with E-state index >= 15 is 0 Å². The first kappa shape index (κ1) is 18.1. The van der Waals surface area contributed by atoms with Crippen molar-refractivity contribution in [3.63, 3.8) is 0 Å². The summed E-state index contributed by atoms with van der Waals surface area (Å²) in [4.78, 5) is 4.99. The van der Waals surface area contributed by atoms with Gasteiger partial charge >= 0.3 is 0 Å². The molecule has 0 saturated heterocycles. The number of allylic oxidation sites excluding steroid dienone is 1. The first-order valence-electron chi connectivity index (χ1n) is 10.1. The molecule has 1 fully saturated rings. The lowest BCUT2D eigenvalue weighted by Crippen LogP contribution is -2.48. The lowest BCUT2D eigenvalue weighted by molar-refractivity contribution is 0.234. The third-order valence-corrected chi connectivity index (χ3v) is 5.95. The van der Waals surface area contributed by atoms with Gasteiger partial charge in [0.05, 0.1) is 12.6 Å². The van der Waals surface area contributed by atoms with Gasteiger partial charge in [0.2, 0.25) is 0 Å². The van der Waals surface area contributed by atoms with E-state index in [0.29, 0.717) is 6.04 Å². The number of methoxy groups -OCH3 is 1. The van der Waals surface area contributed by atoms with Crippen LogP contribution >= 0.6 is 0 Å². The van der Waals surface area contributed by atoms with Gasteiger partial charge in [0.15, 0.2) is 0 Å². The van der Waals surface area contributed by atoms with Gasteiger partial charge in [-0.25, -0.2) is 15.4 Å². The molecule has 1 aromatic rings. The molecule has 1 atom stereocenters. The Kier molecular flexibility index (Phi) is 4.72. The molecule has 0 amide bonds. The molecule has 2 heterocycles. The summed E-state index contributed by atoms with van der Waals surface area (Å²) in [6.07, 6.45) is 7.84. The van der Waals surface area contributed by atoms with Crippen molar-refractivity contribution < 1.29 is 4.74 Å². The van der Waals surface area contributed by atoms with Crippen LogP contribution in [0.5, 0.6) is 5.75 Å². The van der Waals surface area contributed by atoms with Crippen LogP contribution in [-0.2, 0) is 5.54 Å². The predicted molar refractivity (Wildman–Crippen MR) is 109 cm³/mol. The Morgan fingerprint density at radius 1 is 1.22 bits per heavy atom. The zero-order valence-electron chi connectivity index (χ0n) is 16.8. The quantitative estimate of drug-likeness (QED) is 0.792. The molecule has 144 valence electrons. The molecule has 1 aromatic carbocycles. The van der Waals surface area contributed by atoms with Gasteiger partial charge in [-0.05, 0) is 62.8 Å². The van der Waals surface area contributed by atoms with E-state index in [1.54, 1.807) is 7.11 Å². The van der Waals surface area contributed by atoms with Crippen molar-refractivity contribution in [3.05, 3.63) is 53.1 Å². The number of ether oxygens (including phenoxy) is 1. The van der Waals surface area contributed by atoms with E-state index in [1.165, 1.54) is 29.1 Å². The topological polar surface area (TPSA) is 48.9 Å². The van der Waals surface area contributed by atoms with Crippen LogP contribution in [0.15, 0.2) is 52.5 Å². The standard InChI is InChI=1S/C22H30N4O/c1-5-16(6-2)23-21-18-8-7-9-19(18)24-20-14-22(3,25-26(20)21)15-10-12-17(27-4)13-11-15/h10-14,16,23,25H,5-9H2,1-4H3. The summed E-state index contributed by atoms with van der Waals surface area (Å²) < 4.78 is 5.31. The highest BCUT2D eigenvalue weighted by Gasteiger charge is 2.40. The third kappa shape index (κ3) is 3.14. The highest BCUT2D eigenvalue weighted by molar-refractivity contribution is 6.04. The third-order valence-electron chi connectivity index (χ3n) is 5.95. The van der Waals surface area contributed by atoms with Gasteiger partial charge < -0.3 is 10.1 Å². The zero-order chi connectivity index (χ0) is 19.0. The van der Waals surface area contributed by atoms with Crippen LogP contribution in [0.4, 0.5) is 0 Å². The number of benzene rings is 1. The maximum Gasteiger partial charge on any atom is 0.147 e. The maximum absolute atomic E-state index is 5.31. The van der Waals surface area contributed by atoms with E-state index in [1.807, 2.05) is 12.1 Å². The van der Waals surface area contributed by atoms with Gasteiger partial charge in [0, 0.05) is 17.3 Å². The number of hydrogen-bond acceptors (Lipinski definition) is 5. The minimum absolute atomic E-state index is 0.300. The van der Waals surface area contributed by atoms with Gasteiger partial charge in [0.25, 0.3) is 0 Å². The molecule has 1 aliphatic carbocycles. The van der Waals surface area contributed by atoms with Crippen LogP contribution in [0, 0.1) is 0 Å². The van der Waals surface area contributed by atoms with Crippen molar-refractivity contribution in [2.45, 2.75) is 64.5 Å². The fourth-order valence-corrected chi connectivity index (χ4v) is 4.20. The van der Waals surface area contributed by atoms with Gasteiger partial charge in [-0.2, -0.15) is 0 Å². The van der Waals surface area contributed by atoms with Gasteiger partial charge in [-0.3, -0.25) is 0 Å². The van der Waals surface area contributed by atoms with Crippen molar-refractivity contribution in [1.82, 2.24) is 15.8 Å². The van der Waals surface area contributed by atoms with Gasteiger partial charge in [0.1, 0.15) is 17.4 Å². The molecule has 3 aliphatic rings. The van der Waals surface area contributed by atoms with E-state index in [0.717, 1.165) is 37.3 Å². The fraction of sp³-hybridized carbons (Fsp3) is 0.500. The normalized spacial score (nSPS) is 24.0. The second kappa shape index (κ2) is 7.04. The Morgan fingerprint density at radius 2 is 1.96 bits per heavy atom. The highest BCUT2D eigenvalue weighted by Crippen LogP contribution is 2.39. The molecular formula is C22H30N4O. The summed E-state index contributed by atoms with van der Waals surface area (Å²) >= 11 is 0. The Bertz CT molecular complexity index is 804. The Labute approximate surface area is 162 Å². The second-order valence-electron chi connectivity index (χ2n) is 7.78. The average Bonchev–Trinajstić information content (AvgIpc) is 3.29. The SMILES string of the molecule is CCC(CC)NC1=C2CCCC2=NC2=CC(C)(c3ccc(OC)cc3)NN21. The molecule has 0 spiro atoms. The van der Waals surface area contributed by atoms with Crippen LogP contribution in [0.1, 0.15) is 58.4 Å². The number of fused-ring (bicyclic) bond motifs is 2. The Morgan fingerprint density at radius 3 is 2.63 bits per heavy atom. The number of aliphatic imine (C=N–C) groups is 1. The molecular weight excluding hydrogens is 336 g/mol. The van der Waals surface area contributed by atoms with Crippen LogP contribution < -0.4 is 15.5 Å². The van der Waals surface area contributed by atoms with E-state index in [9.17, 15) is 0 Å². The summed E-state index contributed by atoms with van der Waals surface area (Å²) in [5.41, 5.74) is 7.24. The van der Waals surface area contributed by atoms with Gasteiger partial charge in [-0.15, -0.1) is 0 Å². The molecule has 0 bridgehead atoms. The number of nitrogens with one attached hydrogen (secondary N) is 2. The highest BCUT2D eigenvalue weighted by atomic mass is 16.5. The minimum Gasteiger partial charge on any atom is -0.497 e. The van der Waals surface area contributed by atoms with Gasteiger partial charge in [-0.1, -0.05) is 26.0 Å². The molecule has 1 unspecified atom stereocenters. The number of rotatable bonds is 6. The molecule has 2 N–H and O–H groups in total. The predicted octanol–water partition coefficient (Wildman–Crippen LogP) is 4.20. The van der Waals surface area contributed by atoms with E-state index < -0.39 is 0 Å². The minimum atomic E-state index is -0.300. The average molecular weight is 367 g/mol. The summed E-state index contributed by atoms with van der Waals surface area (Å²) in [6, 6.07) is 8.75. The number of hydrogen-bond donors (Lipinski definition) is 2. The number of nitrogens with zero attached hydrogens (tertiary/aromatic N) is 2. The molecule has 5 nitrogen and oxygen atoms in total. The van der Waals surface area contributed by atoms with Crippen LogP contribution in [-0.4, -0.2) is 23.9 Å². The molecule has 2 aliphatic heterocycles. The number of hydrazine groups is 1. The van der Waals surface area contributed by atoms with Crippen molar-refractivity contribution in [2.75, 3.05) is 7.11 Å². The zero-order valence-corrected chi connectivity index (χ0v) is 16.8. The Hall–Kier alpha value is -2.27. The van der Waals surface area contributed by atoms with Crippen molar-refractivity contribution in [3.8, 4) is 5.75 Å². The molecule has 5 heteroatoms. The molecule has 27 heavy (non-hydrogen) atoms. The van der Waals surface area contributed by atoms with E-state index in [-0.39, 0.29) is 5.54 Å². The molecule has 0 aromatic heterocycles. The largest absolute Gasteiger partial charge is 0.497 e. The molecule has 1 saturated carbocycles. The van der Waals surface area contributed by atoms with Crippen molar-refractivity contribution in [1.29, 1.82) is 0 Å². The Balaban J connectivity index is 1.69. The second-order valence-corrected chi connectivity index (χ2v) is 7.78. The summed E-state index contributed by atoms with van der Waals surface area (Å²) in [5, 5.41) is 5.98. The lowest BCUT2D eigenvalue weighted by atomic mass is 9.93. The maximum atomic E-state index is 5.31. The van der Waals surface area contributed by atoms with Crippen LogP contribution in [0.2, 0.25) is 0 Å². The van der Waals surface area contributed by atoms with E-state index in [4.69, 9.17) is 9.73 Å². The van der Waals surface area contributed by atoms with Crippen molar-refractivity contribution >= 4 is 5.71 Å². The monoisotopic (exact) mass is 366 g/mol. The van der Waals surface area contributed by atoms with E-state index in [2.05, 4.69) is 54.7 Å². The van der Waals surface area contributed by atoms with Crippen molar-refractivity contribution in [2.24, 2.45) is 4.99 Å². The summed E-state index contributed by atoms with van der Waals surface area (Å²) in [5.74, 6) is 3.08. The summed E-state index contributed by atoms with van der Waals surface area (Å²) in [6.45, 7) is 6.69. The van der Waals surface area contributed by atoms with Crippen LogP contribution in [0.25, 0.3) is 0 Å². The smallest absolute Gasteiger partial charge is 0.147 e. The lowest BCUT2D eigenvalue weighted by Gasteiger charge is -2.35. The molecule has 4 rings (SSSR count). The van der Waals surface area contributed by atoms with Crippen LogP contribution in [0.3, 0.4) is 0 Å². The fourth-order valence-electron chi connectivity index (χ4n) is 4.20.